The molecule has 22 heavy (non-hydrogen) atoms. The first-order valence-corrected chi connectivity index (χ1v) is 6.95. The summed E-state index contributed by atoms with van der Waals surface area (Å²) in [4.78, 5) is 27.0. The molecular weight excluding hydrogens is 306 g/mol. The molecule has 0 bridgehead atoms. The number of hydrogen-bond acceptors (Lipinski definition) is 6. The summed E-state index contributed by atoms with van der Waals surface area (Å²) in [5.41, 5.74) is 6.07. The number of nitrogens with zero attached hydrogens (tertiary/aromatic N) is 2. The number of hydrogen-bond donors (Lipinski definition) is 1. The highest BCUT2D eigenvalue weighted by atomic mass is 32.1. The number of carbonyl (C=O) groups excluding carboxylic acids is 1. The van der Waals surface area contributed by atoms with Crippen molar-refractivity contribution in [3.63, 3.8) is 0 Å². The van der Waals surface area contributed by atoms with Crippen LogP contribution in [0, 0.1) is 10.1 Å². The number of amidine groups is 1. The average Bonchev–Trinajstić information content (AvgIpc) is 3.05. The van der Waals surface area contributed by atoms with Crippen LogP contribution < -0.4 is 5.73 Å². The van der Waals surface area contributed by atoms with Crippen molar-refractivity contribution in [2.75, 3.05) is 0 Å². The number of nitro groups is 1. The van der Waals surface area contributed by atoms with Gasteiger partial charge in [-0.25, -0.2) is 4.79 Å². The van der Waals surface area contributed by atoms with Gasteiger partial charge < -0.3 is 10.6 Å². The van der Waals surface area contributed by atoms with Gasteiger partial charge in [-0.3, -0.25) is 10.1 Å². The van der Waals surface area contributed by atoms with Crippen LogP contribution in [0.2, 0.25) is 0 Å². The summed E-state index contributed by atoms with van der Waals surface area (Å²) >= 11 is 1.37. The number of non-ortho nitro benzene ring substituents is 1. The summed E-state index contributed by atoms with van der Waals surface area (Å²) in [5.74, 6) is -0.627. The van der Waals surface area contributed by atoms with Crippen molar-refractivity contribution in [1.82, 2.24) is 0 Å². The largest absolute Gasteiger partial charge is 0.380 e. The molecule has 1 heterocycles. The van der Waals surface area contributed by atoms with Crippen molar-refractivity contribution < 1.29 is 14.6 Å². The van der Waals surface area contributed by atoms with Crippen LogP contribution in [-0.2, 0) is 9.63 Å². The summed E-state index contributed by atoms with van der Waals surface area (Å²) in [6.07, 6.45) is 2.51. The first kappa shape index (κ1) is 15.4. The van der Waals surface area contributed by atoms with Crippen molar-refractivity contribution in [3.05, 3.63) is 68.4 Å². The van der Waals surface area contributed by atoms with E-state index in [1.807, 2.05) is 5.38 Å². The Morgan fingerprint density at radius 2 is 2.18 bits per heavy atom. The second-order valence-corrected chi connectivity index (χ2v) is 5.00. The molecule has 0 unspecified atom stereocenters. The molecule has 2 N–H and O–H groups in total. The molecule has 1 aromatic carbocycles. The lowest BCUT2D eigenvalue weighted by molar-refractivity contribution is -0.384. The normalized spacial score (nSPS) is 11.5. The third kappa shape index (κ3) is 4.25. The highest BCUT2D eigenvalue weighted by Gasteiger charge is 2.05. The van der Waals surface area contributed by atoms with Crippen molar-refractivity contribution >= 4 is 34.9 Å². The smallest absolute Gasteiger partial charge is 0.358 e. The lowest BCUT2D eigenvalue weighted by Gasteiger charge is -1.96. The minimum atomic E-state index is -0.731. The van der Waals surface area contributed by atoms with Gasteiger partial charge >= 0.3 is 5.97 Å². The highest BCUT2D eigenvalue weighted by Crippen LogP contribution is 2.14. The number of nitro benzene ring substituents is 1. The van der Waals surface area contributed by atoms with Crippen LogP contribution in [0.5, 0.6) is 0 Å². The predicted molar refractivity (Wildman–Crippen MR) is 83.3 cm³/mol. The summed E-state index contributed by atoms with van der Waals surface area (Å²) in [5, 5.41) is 16.0. The van der Waals surface area contributed by atoms with Crippen LogP contribution >= 0.6 is 11.3 Å². The van der Waals surface area contributed by atoms with Crippen molar-refractivity contribution in [2.45, 2.75) is 0 Å². The van der Waals surface area contributed by atoms with Crippen LogP contribution in [-0.4, -0.2) is 16.7 Å². The van der Waals surface area contributed by atoms with Gasteiger partial charge in [0.1, 0.15) is 0 Å². The summed E-state index contributed by atoms with van der Waals surface area (Å²) in [6, 6.07) is 9.40. The van der Waals surface area contributed by atoms with Gasteiger partial charge in [0, 0.05) is 18.2 Å². The Morgan fingerprint density at radius 3 is 2.86 bits per heavy atom. The van der Waals surface area contributed by atoms with E-state index in [0.717, 1.165) is 6.08 Å². The zero-order chi connectivity index (χ0) is 15.9. The van der Waals surface area contributed by atoms with Gasteiger partial charge in [0.05, 0.1) is 9.80 Å². The first-order valence-electron chi connectivity index (χ1n) is 6.07. The third-order valence-electron chi connectivity index (χ3n) is 2.50. The van der Waals surface area contributed by atoms with Crippen molar-refractivity contribution in [1.29, 1.82) is 0 Å². The van der Waals surface area contributed by atoms with E-state index >= 15 is 0 Å². The van der Waals surface area contributed by atoms with Crippen LogP contribution in [0.25, 0.3) is 6.08 Å². The van der Waals surface area contributed by atoms with E-state index in [4.69, 9.17) is 5.73 Å². The predicted octanol–water partition coefficient (Wildman–Crippen LogP) is 2.53. The van der Waals surface area contributed by atoms with E-state index in [1.54, 1.807) is 18.2 Å². The Labute approximate surface area is 129 Å². The minimum absolute atomic E-state index is 0.0597. The molecule has 0 aliphatic carbocycles. The van der Waals surface area contributed by atoms with Crippen LogP contribution in [0.3, 0.4) is 0 Å². The molecule has 8 heteroatoms. The van der Waals surface area contributed by atoms with Gasteiger partial charge in [-0.1, -0.05) is 23.4 Å². The van der Waals surface area contributed by atoms with Gasteiger partial charge in [0.25, 0.3) is 5.69 Å². The molecule has 0 spiro atoms. The fourth-order valence-corrected chi connectivity index (χ4v) is 2.12. The maximum atomic E-state index is 11.5. The standard InChI is InChI=1S/C14H11N3O4S/c15-14(12-5-2-8-22-12)16-21-13(18)7-6-10-3-1-4-11(9-10)17(19)20/h1-9H,(H2,15,16)/b7-6-. The first-order chi connectivity index (χ1) is 10.6. The Hall–Kier alpha value is -3.00. The van der Waals surface area contributed by atoms with Crippen LogP contribution in [0.1, 0.15) is 10.4 Å². The number of rotatable bonds is 5. The fraction of sp³-hybridized carbons (Fsp3) is 0. The van der Waals surface area contributed by atoms with Crippen LogP contribution in [0.4, 0.5) is 5.69 Å². The quantitative estimate of drug-likeness (QED) is 0.228. The van der Waals surface area contributed by atoms with E-state index in [1.165, 1.54) is 35.6 Å². The molecule has 0 amide bonds. The molecular formula is C14H11N3O4S. The van der Waals surface area contributed by atoms with E-state index < -0.39 is 10.9 Å². The number of benzene rings is 1. The molecule has 0 atom stereocenters. The minimum Gasteiger partial charge on any atom is -0.380 e. The maximum Gasteiger partial charge on any atom is 0.358 e. The van der Waals surface area contributed by atoms with Gasteiger partial charge in [-0.05, 0) is 23.1 Å². The van der Waals surface area contributed by atoms with Crippen molar-refractivity contribution in [2.24, 2.45) is 10.9 Å². The van der Waals surface area contributed by atoms with Gasteiger partial charge in [-0.2, -0.15) is 0 Å². The second kappa shape index (κ2) is 7.14. The summed E-state index contributed by atoms with van der Waals surface area (Å²) in [6.45, 7) is 0. The molecule has 0 radical (unpaired) electrons. The lowest BCUT2D eigenvalue weighted by Crippen LogP contribution is -2.13. The molecule has 2 rings (SSSR count). The zero-order valence-corrected chi connectivity index (χ0v) is 12.0. The van der Waals surface area contributed by atoms with Gasteiger partial charge in [0.15, 0.2) is 5.84 Å². The lowest BCUT2D eigenvalue weighted by atomic mass is 10.2. The fourth-order valence-electron chi connectivity index (χ4n) is 1.50. The number of nitrogens with two attached hydrogens (primary N) is 1. The number of oxime groups is 1. The Kier molecular flexibility index (Phi) is 4.99. The number of carbonyl (C=O) groups is 1. The molecule has 0 aliphatic rings. The SMILES string of the molecule is N/C(=N\OC(=O)/C=C\c1cccc([N+](=O)[O-])c1)c1cccs1. The molecule has 0 saturated heterocycles. The van der Waals surface area contributed by atoms with E-state index in [2.05, 4.69) is 9.99 Å². The Balaban J connectivity index is 1.98. The molecule has 2 aromatic rings. The monoisotopic (exact) mass is 317 g/mol. The molecule has 0 saturated carbocycles. The van der Waals surface area contributed by atoms with E-state index in [-0.39, 0.29) is 11.5 Å². The van der Waals surface area contributed by atoms with Crippen molar-refractivity contribution in [3.8, 4) is 0 Å². The van der Waals surface area contributed by atoms with E-state index in [0.29, 0.717) is 10.4 Å². The summed E-state index contributed by atoms with van der Waals surface area (Å²) in [7, 11) is 0. The molecule has 1 aromatic heterocycles. The second-order valence-electron chi connectivity index (χ2n) is 4.05. The summed E-state index contributed by atoms with van der Waals surface area (Å²) < 4.78 is 0. The molecule has 0 fully saturated rings. The topological polar surface area (TPSA) is 108 Å². The molecule has 0 aliphatic heterocycles. The van der Waals surface area contributed by atoms with Gasteiger partial charge in [0.2, 0.25) is 0 Å². The zero-order valence-electron chi connectivity index (χ0n) is 11.2. The third-order valence-corrected chi connectivity index (χ3v) is 3.39. The Bertz CT molecular complexity index is 738. The number of thiophene rings is 1. The average molecular weight is 317 g/mol. The van der Waals surface area contributed by atoms with E-state index in [9.17, 15) is 14.9 Å². The Morgan fingerprint density at radius 1 is 1.36 bits per heavy atom. The maximum absolute atomic E-state index is 11.5. The highest BCUT2D eigenvalue weighted by molar-refractivity contribution is 7.12. The molecule has 112 valence electrons. The van der Waals surface area contributed by atoms with Crippen LogP contribution in [0.15, 0.2) is 53.0 Å². The molecule has 7 nitrogen and oxygen atoms in total. The van der Waals surface area contributed by atoms with Gasteiger partial charge in [-0.15, -0.1) is 11.3 Å².